The molecule has 0 saturated carbocycles. The highest BCUT2D eigenvalue weighted by Gasteiger charge is 2.27. The Kier molecular flexibility index (Phi) is 6.25. The number of carboxylic acid groups (broad SMARTS) is 1. The van der Waals surface area contributed by atoms with Crippen molar-refractivity contribution in [1.29, 1.82) is 0 Å². The number of ether oxygens (including phenoxy) is 1. The Bertz CT molecular complexity index is 1170. The van der Waals surface area contributed by atoms with Crippen LogP contribution in [0.2, 0.25) is 0 Å². The summed E-state index contributed by atoms with van der Waals surface area (Å²) >= 11 is 0. The predicted molar refractivity (Wildman–Crippen MR) is 120 cm³/mol. The summed E-state index contributed by atoms with van der Waals surface area (Å²) in [6.45, 7) is 1.47. The smallest absolute Gasteiger partial charge is 0.323 e. The summed E-state index contributed by atoms with van der Waals surface area (Å²) in [6, 6.07) is 7.27. The average molecular weight is 439 g/mol. The number of hydrogen-bond donors (Lipinski definition) is 4. The fourth-order valence-corrected chi connectivity index (χ4v) is 4.23. The summed E-state index contributed by atoms with van der Waals surface area (Å²) in [4.78, 5) is 19.1. The molecule has 8 heteroatoms. The maximum Gasteiger partial charge on any atom is 0.323 e. The average Bonchev–Trinajstić information content (AvgIpc) is 3.22. The molecule has 32 heavy (non-hydrogen) atoms. The van der Waals surface area contributed by atoms with E-state index in [4.69, 9.17) is 4.74 Å². The summed E-state index contributed by atoms with van der Waals surface area (Å²) in [5.41, 5.74) is 4.22. The second kappa shape index (κ2) is 9.10. The molecular weight excluding hydrogens is 413 g/mol. The van der Waals surface area contributed by atoms with Gasteiger partial charge < -0.3 is 19.9 Å². The number of methoxy groups -OCH3 is 1. The minimum Gasteiger partial charge on any atom is -0.496 e. The van der Waals surface area contributed by atoms with Crippen LogP contribution in [0.1, 0.15) is 31.9 Å². The van der Waals surface area contributed by atoms with Gasteiger partial charge in [-0.2, -0.15) is 0 Å². The molecule has 0 fully saturated rings. The van der Waals surface area contributed by atoms with Crippen LogP contribution in [0.4, 0.5) is 4.39 Å². The Morgan fingerprint density at radius 2 is 2.12 bits per heavy atom. The van der Waals surface area contributed by atoms with Crippen LogP contribution in [0.15, 0.2) is 42.6 Å². The highest BCUT2D eigenvalue weighted by atomic mass is 19.1. The van der Waals surface area contributed by atoms with E-state index >= 15 is 0 Å². The summed E-state index contributed by atoms with van der Waals surface area (Å²) < 4.78 is 19.4. The van der Waals surface area contributed by atoms with E-state index in [2.05, 4.69) is 21.4 Å². The van der Waals surface area contributed by atoms with Crippen molar-refractivity contribution in [2.45, 2.75) is 44.4 Å². The Morgan fingerprint density at radius 3 is 2.78 bits per heavy atom. The Morgan fingerprint density at radius 1 is 1.31 bits per heavy atom. The highest BCUT2D eigenvalue weighted by Crippen LogP contribution is 2.37. The molecule has 0 amide bonds. The van der Waals surface area contributed by atoms with E-state index in [0.29, 0.717) is 23.4 Å². The van der Waals surface area contributed by atoms with Crippen molar-refractivity contribution < 1.29 is 24.1 Å². The summed E-state index contributed by atoms with van der Waals surface area (Å²) in [7, 11) is 1.56. The van der Waals surface area contributed by atoms with Gasteiger partial charge in [0.05, 0.1) is 13.2 Å². The SMILES string of the molecule is COc1ccc(F)cc1-c1ccnc2[nH]c(C3=CCC(N[C@H](C(=O)O)C(C)O)CC3)cc12. The zero-order chi connectivity index (χ0) is 22.8. The number of aliphatic carboxylic acids is 1. The molecule has 3 aromatic rings. The lowest BCUT2D eigenvalue weighted by Gasteiger charge is -2.27. The van der Waals surface area contributed by atoms with Gasteiger partial charge in [-0.25, -0.2) is 9.37 Å². The molecule has 1 aliphatic carbocycles. The molecule has 0 bridgehead atoms. The van der Waals surface area contributed by atoms with Crippen molar-refractivity contribution in [1.82, 2.24) is 15.3 Å². The van der Waals surface area contributed by atoms with Crippen LogP contribution in [0.3, 0.4) is 0 Å². The lowest BCUT2D eigenvalue weighted by atomic mass is 9.92. The molecule has 0 spiro atoms. The van der Waals surface area contributed by atoms with Crippen LogP contribution in [0, 0.1) is 5.82 Å². The number of nitrogens with one attached hydrogen (secondary N) is 2. The van der Waals surface area contributed by atoms with Gasteiger partial charge in [0.2, 0.25) is 0 Å². The number of halogens is 1. The van der Waals surface area contributed by atoms with E-state index < -0.39 is 18.1 Å². The van der Waals surface area contributed by atoms with Crippen LogP contribution in [0.5, 0.6) is 5.75 Å². The third kappa shape index (κ3) is 4.37. The number of fused-ring (bicyclic) bond motifs is 1. The minimum absolute atomic E-state index is 0.0240. The minimum atomic E-state index is -1.06. The number of benzene rings is 1. The highest BCUT2D eigenvalue weighted by molar-refractivity contribution is 5.96. The molecule has 168 valence electrons. The first-order valence-electron chi connectivity index (χ1n) is 10.6. The van der Waals surface area contributed by atoms with Gasteiger partial charge in [-0.05, 0) is 67.7 Å². The molecule has 3 atom stereocenters. The van der Waals surface area contributed by atoms with Gasteiger partial charge >= 0.3 is 5.97 Å². The third-order valence-electron chi connectivity index (χ3n) is 5.90. The van der Waals surface area contributed by atoms with E-state index in [-0.39, 0.29) is 11.9 Å². The number of allylic oxidation sites excluding steroid dienone is 1. The van der Waals surface area contributed by atoms with Gasteiger partial charge in [-0.3, -0.25) is 10.1 Å². The lowest BCUT2D eigenvalue weighted by Crippen LogP contribution is -2.49. The molecule has 2 unspecified atom stereocenters. The van der Waals surface area contributed by atoms with E-state index in [1.165, 1.54) is 19.1 Å². The van der Waals surface area contributed by atoms with E-state index in [1.54, 1.807) is 19.4 Å². The quantitative estimate of drug-likeness (QED) is 0.447. The van der Waals surface area contributed by atoms with Crippen LogP contribution < -0.4 is 10.1 Å². The second-order valence-corrected chi connectivity index (χ2v) is 8.07. The number of carboxylic acids is 1. The Labute approximate surface area is 184 Å². The number of H-pyrrole nitrogens is 1. The molecule has 2 heterocycles. The van der Waals surface area contributed by atoms with Gasteiger partial charge in [0.25, 0.3) is 0 Å². The summed E-state index contributed by atoms with van der Waals surface area (Å²) in [6.07, 6.45) is 4.93. The van der Waals surface area contributed by atoms with E-state index in [0.717, 1.165) is 35.1 Å². The zero-order valence-electron chi connectivity index (χ0n) is 17.9. The largest absolute Gasteiger partial charge is 0.496 e. The fraction of sp³-hybridized carbons (Fsp3) is 0.333. The molecule has 7 nitrogen and oxygen atoms in total. The van der Waals surface area contributed by atoms with Crippen molar-refractivity contribution in [2.75, 3.05) is 7.11 Å². The number of aromatic nitrogens is 2. The lowest BCUT2D eigenvalue weighted by molar-refractivity contribution is -0.142. The summed E-state index contributed by atoms with van der Waals surface area (Å²) in [5.74, 6) is -0.817. The molecule has 1 aliphatic rings. The van der Waals surface area contributed by atoms with E-state index in [1.807, 2.05) is 12.1 Å². The first-order valence-corrected chi connectivity index (χ1v) is 10.6. The van der Waals surface area contributed by atoms with Crippen molar-refractivity contribution >= 4 is 22.6 Å². The number of carbonyl (C=O) groups is 1. The molecule has 0 saturated heterocycles. The molecule has 0 radical (unpaired) electrons. The number of aliphatic hydroxyl groups is 1. The fourth-order valence-electron chi connectivity index (χ4n) is 4.23. The molecule has 1 aromatic carbocycles. The van der Waals surface area contributed by atoms with Crippen molar-refractivity contribution in [3.63, 3.8) is 0 Å². The zero-order valence-corrected chi connectivity index (χ0v) is 17.9. The Hall–Kier alpha value is -3.23. The van der Waals surface area contributed by atoms with Gasteiger partial charge in [-0.15, -0.1) is 0 Å². The van der Waals surface area contributed by atoms with Crippen LogP contribution >= 0.6 is 0 Å². The molecule has 4 rings (SSSR count). The number of rotatable bonds is 7. The standard InChI is InChI=1S/C24H26FN3O4/c1-13(29)22(24(30)31)27-16-6-3-14(4-7-16)20-12-19-17(9-10-26-23(19)28-20)18-11-15(25)5-8-21(18)32-2/h3,5,8-13,16,22,27,29H,4,6-7H2,1-2H3,(H,26,28)(H,30,31)/t13?,16?,22-/m0/s1. The van der Waals surface area contributed by atoms with Gasteiger partial charge in [0, 0.05) is 28.9 Å². The number of hydrogen-bond acceptors (Lipinski definition) is 5. The number of pyridine rings is 1. The number of aliphatic hydroxyl groups excluding tert-OH is 1. The molecule has 0 aliphatic heterocycles. The van der Waals surface area contributed by atoms with Crippen LogP contribution in [0.25, 0.3) is 27.7 Å². The monoisotopic (exact) mass is 439 g/mol. The van der Waals surface area contributed by atoms with Gasteiger partial charge in [-0.1, -0.05) is 6.08 Å². The van der Waals surface area contributed by atoms with Crippen molar-refractivity contribution in [3.8, 4) is 16.9 Å². The maximum absolute atomic E-state index is 13.9. The van der Waals surface area contributed by atoms with Crippen LogP contribution in [-0.4, -0.2) is 51.4 Å². The predicted octanol–water partition coefficient (Wildman–Crippen LogP) is 3.74. The molecule has 2 aromatic heterocycles. The topological polar surface area (TPSA) is 107 Å². The third-order valence-corrected chi connectivity index (χ3v) is 5.90. The number of aromatic amines is 1. The normalized spacial score (nSPS) is 18.2. The van der Waals surface area contributed by atoms with Crippen molar-refractivity contribution in [2.24, 2.45) is 0 Å². The van der Waals surface area contributed by atoms with E-state index in [9.17, 15) is 19.4 Å². The van der Waals surface area contributed by atoms with Crippen LogP contribution in [-0.2, 0) is 4.79 Å². The van der Waals surface area contributed by atoms with Crippen molar-refractivity contribution in [3.05, 3.63) is 54.1 Å². The van der Waals surface area contributed by atoms with Gasteiger partial charge in [0.1, 0.15) is 23.3 Å². The first kappa shape index (κ1) is 22.0. The number of nitrogens with zero attached hydrogens (tertiary/aromatic N) is 1. The summed E-state index contributed by atoms with van der Waals surface area (Å²) in [5, 5.41) is 22.9. The Balaban J connectivity index is 1.61. The second-order valence-electron chi connectivity index (χ2n) is 8.07. The maximum atomic E-state index is 13.9. The van der Waals surface area contributed by atoms with Gasteiger partial charge in [0.15, 0.2) is 0 Å². The first-order chi connectivity index (χ1) is 15.4. The molecule has 4 N–H and O–H groups in total. The molecular formula is C24H26FN3O4.